The summed E-state index contributed by atoms with van der Waals surface area (Å²) in [5, 5.41) is 13.5. The van der Waals surface area contributed by atoms with Gasteiger partial charge in [0.15, 0.2) is 0 Å². The second-order valence-corrected chi connectivity index (χ2v) is 7.47. The largest absolute Gasteiger partial charge is 0.390 e. The van der Waals surface area contributed by atoms with Gasteiger partial charge in [-0.25, -0.2) is 0 Å². The molecule has 2 N–H and O–H groups in total. The Balaban J connectivity index is 1.65. The van der Waals surface area contributed by atoms with Crippen molar-refractivity contribution in [3.8, 4) is 0 Å². The van der Waals surface area contributed by atoms with Crippen LogP contribution in [0.15, 0.2) is 30.3 Å². The molecule has 1 aromatic carbocycles. The van der Waals surface area contributed by atoms with Gasteiger partial charge in [-0.05, 0) is 57.6 Å². The number of hydrogen-bond acceptors (Lipinski definition) is 2. The molecule has 1 atom stereocenters. The summed E-state index contributed by atoms with van der Waals surface area (Å²) in [5.74, 6) is 0.728. The van der Waals surface area contributed by atoms with Gasteiger partial charge in [0.25, 0.3) is 0 Å². The minimum absolute atomic E-state index is 0.272. The summed E-state index contributed by atoms with van der Waals surface area (Å²) in [7, 11) is 0. The van der Waals surface area contributed by atoms with Crippen LogP contribution in [0.1, 0.15) is 64.9 Å². The molecule has 1 aromatic rings. The van der Waals surface area contributed by atoms with Crippen molar-refractivity contribution in [1.82, 2.24) is 5.32 Å². The zero-order valence-electron chi connectivity index (χ0n) is 13.9. The molecule has 21 heavy (non-hydrogen) atoms. The predicted molar refractivity (Wildman–Crippen MR) is 89.3 cm³/mol. The maximum Gasteiger partial charge on any atom is 0.0591 e. The number of aliphatic hydroxyl groups is 1. The van der Waals surface area contributed by atoms with Gasteiger partial charge in [0.2, 0.25) is 0 Å². The van der Waals surface area contributed by atoms with Gasteiger partial charge in [0, 0.05) is 5.54 Å². The third kappa shape index (κ3) is 5.44. The number of rotatable bonds is 9. The van der Waals surface area contributed by atoms with Crippen LogP contribution >= 0.6 is 0 Å². The summed E-state index contributed by atoms with van der Waals surface area (Å²) in [5.41, 5.74) is 1.21. The number of benzene rings is 1. The van der Waals surface area contributed by atoms with Crippen molar-refractivity contribution in [3.63, 3.8) is 0 Å². The first-order valence-electron chi connectivity index (χ1n) is 8.44. The fraction of sp³-hybridized carbons (Fsp3) is 0.684. The normalized spacial score (nSPS) is 18.5. The summed E-state index contributed by atoms with van der Waals surface area (Å²) in [6, 6.07) is 10.8. The van der Waals surface area contributed by atoms with E-state index in [2.05, 4.69) is 42.6 Å². The molecule has 118 valence electrons. The summed E-state index contributed by atoms with van der Waals surface area (Å²) in [6.07, 6.45) is 6.99. The molecule has 0 heterocycles. The molecule has 0 radical (unpaired) electrons. The minimum atomic E-state index is -0.511. The molecule has 1 aliphatic rings. The van der Waals surface area contributed by atoms with Crippen LogP contribution in [-0.2, 0) is 5.54 Å². The molecule has 0 bridgehead atoms. The fourth-order valence-electron chi connectivity index (χ4n) is 3.04. The molecular formula is C19H31NO. The molecule has 2 rings (SSSR count). The fourth-order valence-corrected chi connectivity index (χ4v) is 3.04. The lowest BCUT2D eigenvalue weighted by Gasteiger charge is -2.21. The Morgan fingerprint density at radius 1 is 1.19 bits per heavy atom. The Kier molecular flexibility index (Phi) is 5.45. The van der Waals surface area contributed by atoms with Crippen LogP contribution < -0.4 is 5.32 Å². The average Bonchev–Trinajstić information content (AvgIpc) is 3.19. The van der Waals surface area contributed by atoms with Crippen molar-refractivity contribution in [3.05, 3.63) is 35.9 Å². The lowest BCUT2D eigenvalue weighted by atomic mass is 9.95. The Morgan fingerprint density at radius 2 is 1.86 bits per heavy atom. The zero-order valence-corrected chi connectivity index (χ0v) is 13.9. The van der Waals surface area contributed by atoms with E-state index in [1.807, 2.05) is 13.8 Å². The first-order chi connectivity index (χ1) is 9.91. The van der Waals surface area contributed by atoms with Crippen LogP contribution in [0.5, 0.6) is 0 Å². The number of nitrogens with one attached hydrogen (secondary N) is 1. The number of hydrogen-bond donors (Lipinski definition) is 2. The van der Waals surface area contributed by atoms with Gasteiger partial charge in [0.1, 0.15) is 0 Å². The van der Waals surface area contributed by atoms with Gasteiger partial charge < -0.3 is 10.4 Å². The smallest absolute Gasteiger partial charge is 0.0591 e. The molecule has 0 saturated heterocycles. The third-order valence-electron chi connectivity index (χ3n) is 4.66. The molecule has 0 unspecified atom stereocenters. The highest BCUT2D eigenvalue weighted by Crippen LogP contribution is 2.45. The second kappa shape index (κ2) is 6.93. The lowest BCUT2D eigenvalue weighted by molar-refractivity contribution is 0.0669. The highest BCUT2D eigenvalue weighted by molar-refractivity contribution is 5.29. The van der Waals surface area contributed by atoms with Crippen molar-refractivity contribution in [1.29, 1.82) is 0 Å². The maximum atomic E-state index is 9.74. The summed E-state index contributed by atoms with van der Waals surface area (Å²) in [6.45, 7) is 7.22. The van der Waals surface area contributed by atoms with Gasteiger partial charge in [0.05, 0.1) is 5.60 Å². The van der Waals surface area contributed by atoms with Crippen molar-refractivity contribution in [2.24, 2.45) is 5.92 Å². The van der Waals surface area contributed by atoms with E-state index in [9.17, 15) is 5.11 Å². The molecule has 2 nitrogen and oxygen atoms in total. The van der Waals surface area contributed by atoms with Crippen LogP contribution in [0, 0.1) is 5.92 Å². The molecule has 0 amide bonds. The molecule has 0 aliphatic heterocycles. The quantitative estimate of drug-likeness (QED) is 0.713. The van der Waals surface area contributed by atoms with Gasteiger partial charge in [-0.15, -0.1) is 0 Å². The van der Waals surface area contributed by atoms with Crippen LogP contribution in [0.25, 0.3) is 0 Å². The first-order valence-corrected chi connectivity index (χ1v) is 8.44. The molecule has 1 fully saturated rings. The van der Waals surface area contributed by atoms with Crippen LogP contribution in [0.2, 0.25) is 0 Å². The molecule has 1 aliphatic carbocycles. The summed E-state index contributed by atoms with van der Waals surface area (Å²) < 4.78 is 0. The van der Waals surface area contributed by atoms with Gasteiger partial charge in [-0.2, -0.15) is 0 Å². The van der Waals surface area contributed by atoms with Crippen molar-refractivity contribution >= 4 is 0 Å². The van der Waals surface area contributed by atoms with E-state index in [-0.39, 0.29) is 5.54 Å². The van der Waals surface area contributed by atoms with Gasteiger partial charge in [-0.3, -0.25) is 0 Å². The maximum absolute atomic E-state index is 9.74. The van der Waals surface area contributed by atoms with Crippen LogP contribution in [0.3, 0.4) is 0 Å². The molecule has 1 saturated carbocycles. The predicted octanol–water partition coefficient (Wildman–Crippen LogP) is 4.23. The molecule has 0 aromatic heterocycles. The lowest BCUT2D eigenvalue weighted by Crippen LogP contribution is -2.30. The van der Waals surface area contributed by atoms with E-state index in [0.717, 1.165) is 25.3 Å². The SMILES string of the molecule is C[C@@H](CCCC(C)(C)O)CCNC1(c2ccccc2)CC1. The van der Waals surface area contributed by atoms with Crippen molar-refractivity contribution in [2.75, 3.05) is 6.54 Å². The Morgan fingerprint density at radius 3 is 2.43 bits per heavy atom. The van der Waals surface area contributed by atoms with E-state index in [1.165, 1.54) is 31.2 Å². The minimum Gasteiger partial charge on any atom is -0.390 e. The Hall–Kier alpha value is -0.860. The highest BCUT2D eigenvalue weighted by Gasteiger charge is 2.43. The third-order valence-corrected chi connectivity index (χ3v) is 4.66. The second-order valence-electron chi connectivity index (χ2n) is 7.47. The standard InChI is InChI=1S/C19H31NO/c1-16(8-7-12-18(2,3)21)11-15-20-19(13-14-19)17-9-5-4-6-10-17/h4-6,9-10,16,20-21H,7-8,11-15H2,1-3H3/t16-/m0/s1. The monoisotopic (exact) mass is 289 g/mol. The van der Waals surface area contributed by atoms with E-state index in [1.54, 1.807) is 0 Å². The molecule has 2 heteroatoms. The average molecular weight is 289 g/mol. The van der Waals surface area contributed by atoms with Crippen molar-refractivity contribution < 1.29 is 5.11 Å². The summed E-state index contributed by atoms with van der Waals surface area (Å²) >= 11 is 0. The van der Waals surface area contributed by atoms with E-state index in [4.69, 9.17) is 0 Å². The van der Waals surface area contributed by atoms with E-state index >= 15 is 0 Å². The topological polar surface area (TPSA) is 32.3 Å². The zero-order chi connectivity index (χ0) is 15.3. The van der Waals surface area contributed by atoms with Crippen LogP contribution in [-0.4, -0.2) is 17.3 Å². The first kappa shape index (κ1) is 16.5. The molecule has 0 spiro atoms. The van der Waals surface area contributed by atoms with Gasteiger partial charge in [-0.1, -0.05) is 50.1 Å². The van der Waals surface area contributed by atoms with Gasteiger partial charge >= 0.3 is 0 Å². The van der Waals surface area contributed by atoms with E-state index in [0.29, 0.717) is 0 Å². The van der Waals surface area contributed by atoms with Crippen LogP contribution in [0.4, 0.5) is 0 Å². The highest BCUT2D eigenvalue weighted by atomic mass is 16.3. The Bertz CT molecular complexity index is 417. The van der Waals surface area contributed by atoms with Crippen molar-refractivity contribution in [2.45, 2.75) is 70.4 Å². The Labute approximate surface area is 130 Å². The summed E-state index contributed by atoms with van der Waals surface area (Å²) in [4.78, 5) is 0. The van der Waals surface area contributed by atoms with E-state index < -0.39 is 5.60 Å². The molecular weight excluding hydrogens is 258 g/mol.